The summed E-state index contributed by atoms with van der Waals surface area (Å²) in [7, 11) is 0. The van der Waals surface area contributed by atoms with E-state index in [1.807, 2.05) is 0 Å². The Balaban J connectivity index is 5.03. The third-order valence-electron chi connectivity index (χ3n) is 11.7. The van der Waals surface area contributed by atoms with Crippen LogP contribution in [0.4, 0.5) is 0 Å². The van der Waals surface area contributed by atoms with Crippen molar-refractivity contribution in [3.05, 3.63) is 36.5 Å². The Bertz CT molecular complexity index is 1220. The van der Waals surface area contributed by atoms with Gasteiger partial charge in [0.1, 0.15) is 13.1 Å². The highest BCUT2D eigenvalue weighted by Crippen LogP contribution is 2.15. The Morgan fingerprint density at radius 1 is 0.349 bits per heavy atom. The van der Waals surface area contributed by atoms with Crippen molar-refractivity contribution in [3.63, 3.8) is 0 Å². The second-order valence-electron chi connectivity index (χ2n) is 18.0. The van der Waals surface area contributed by atoms with E-state index in [-0.39, 0.29) is 19.3 Å². The summed E-state index contributed by atoms with van der Waals surface area (Å²) in [5.41, 5.74) is 0. The molecule has 0 aromatic heterocycles. The van der Waals surface area contributed by atoms with Crippen molar-refractivity contribution in [3.8, 4) is 0 Å². The zero-order chi connectivity index (χ0) is 50.3. The lowest BCUT2D eigenvalue weighted by molar-refractivity contribution is -0.167. The van der Waals surface area contributed by atoms with Crippen LogP contribution in [0.3, 0.4) is 0 Å². The second-order valence-corrected chi connectivity index (χ2v) is 18.0. The van der Waals surface area contributed by atoms with Crippen LogP contribution in [-0.2, 0) is 28.6 Å². The van der Waals surface area contributed by atoms with Gasteiger partial charge in [-0.15, -0.1) is 0 Å². The van der Waals surface area contributed by atoms with Crippen LogP contribution in [0.15, 0.2) is 36.5 Å². The molecule has 0 atom stereocenters. The van der Waals surface area contributed by atoms with Crippen LogP contribution in [0.2, 0.25) is 0 Å². The summed E-state index contributed by atoms with van der Waals surface area (Å²) >= 11 is 0. The quantitative estimate of drug-likeness (QED) is 0.0262. The monoisotopic (exact) mass is 890 g/mol. The molecule has 0 aliphatic carbocycles. The van der Waals surface area contributed by atoms with Gasteiger partial charge in [0.05, 0.1) is 6.85 Å². The predicted molar refractivity (Wildman–Crippen MR) is 270 cm³/mol. The van der Waals surface area contributed by atoms with E-state index in [1.165, 1.54) is 116 Å². The Morgan fingerprint density at radius 2 is 0.571 bits per heavy atom. The predicted octanol–water partition coefficient (Wildman–Crippen LogP) is 18.1. The van der Waals surface area contributed by atoms with Gasteiger partial charge in [-0.05, 0) is 96.3 Å². The van der Waals surface area contributed by atoms with E-state index in [9.17, 15) is 14.4 Å². The summed E-state index contributed by atoms with van der Waals surface area (Å²) in [6.07, 6.45) is 51.5. The number of allylic oxidation sites excluding steroid dienone is 6. The number of ether oxygens (including phenoxy) is 3. The molecule has 0 spiro atoms. The smallest absolute Gasteiger partial charge is 0.306 e. The number of hydrogen-bond donors (Lipinski definition) is 0. The summed E-state index contributed by atoms with van der Waals surface area (Å²) in [5, 5.41) is 0. The molecule has 0 fully saturated rings. The van der Waals surface area contributed by atoms with Crippen LogP contribution in [0.1, 0.15) is 297 Å². The fourth-order valence-corrected chi connectivity index (χ4v) is 7.56. The second kappa shape index (κ2) is 52.3. The molecule has 0 saturated carbocycles. The fraction of sp³-hybridized carbons (Fsp3) is 0.842. The van der Waals surface area contributed by atoms with Crippen molar-refractivity contribution < 1.29 is 35.4 Å². The molecule has 6 heteroatoms. The molecule has 0 rings (SSSR count). The van der Waals surface area contributed by atoms with Crippen LogP contribution < -0.4 is 0 Å². The van der Waals surface area contributed by atoms with Crippen molar-refractivity contribution in [2.75, 3.05) is 13.1 Å². The largest absolute Gasteiger partial charge is 0.462 e. The molecule has 63 heavy (non-hydrogen) atoms. The number of rotatable bonds is 50. The minimum Gasteiger partial charge on any atom is -0.462 e. The molecular formula is C57H104O6. The topological polar surface area (TPSA) is 78.9 Å². The standard InChI is InChI=1S/C57H104O6/c1-4-7-10-13-16-19-22-25-28-31-34-37-40-43-46-49-55(58)61-52-54(63-57(60)51-48-45-42-39-36-33-30-27-24-21-18-15-12-9-6-3)53-62-56(59)50-47-44-41-38-35-32-29-26-23-20-17-14-11-8-5-2/h25-30,54H,4-24,31-53H2,1-3H3/i52D2,53D2,54D. The van der Waals surface area contributed by atoms with E-state index in [4.69, 9.17) is 21.1 Å². The number of unbranched alkanes of at least 4 members (excludes halogenated alkanes) is 33. The minimum absolute atomic E-state index is 0.144. The lowest BCUT2D eigenvalue weighted by Gasteiger charge is -2.18. The summed E-state index contributed by atoms with van der Waals surface area (Å²) in [5.74, 6) is -2.98. The van der Waals surface area contributed by atoms with E-state index in [1.54, 1.807) is 0 Å². The number of esters is 3. The third kappa shape index (κ3) is 50.5. The Kier molecular flexibility index (Phi) is 42.8. The molecular weight excluding hydrogens is 781 g/mol. The van der Waals surface area contributed by atoms with E-state index in [2.05, 4.69) is 57.2 Å². The SMILES string of the molecule is [2H]C([2H])(OC(=O)CCCCCCCC=CCCCCCCCC)C([2H])(OC(=O)CCCCCCCC=CCCCCCCCC)C([2H])([2H])OC(=O)CCCCCCCC=CCCCCCCCC. The zero-order valence-corrected chi connectivity index (χ0v) is 41.6. The van der Waals surface area contributed by atoms with Crippen LogP contribution in [0.25, 0.3) is 0 Å². The molecule has 0 saturated heterocycles. The van der Waals surface area contributed by atoms with Crippen LogP contribution in [-0.4, -0.2) is 37.1 Å². The van der Waals surface area contributed by atoms with Crippen LogP contribution >= 0.6 is 0 Å². The molecule has 0 heterocycles. The van der Waals surface area contributed by atoms with Crippen LogP contribution in [0.5, 0.6) is 0 Å². The maximum atomic E-state index is 13.1. The molecule has 0 radical (unpaired) electrons. The summed E-state index contributed by atoms with van der Waals surface area (Å²) in [4.78, 5) is 39.0. The van der Waals surface area contributed by atoms with Gasteiger partial charge in [0.2, 0.25) is 0 Å². The highest BCUT2D eigenvalue weighted by molar-refractivity contribution is 5.71. The summed E-state index contributed by atoms with van der Waals surface area (Å²) < 4.78 is 58.9. The molecule has 0 aliphatic heterocycles. The lowest BCUT2D eigenvalue weighted by atomic mass is 10.1. The highest BCUT2D eigenvalue weighted by Gasteiger charge is 2.19. The molecule has 368 valence electrons. The molecule has 0 aromatic rings. The first kappa shape index (κ1) is 51.6. The number of carbonyl (C=O) groups is 3. The van der Waals surface area contributed by atoms with Crippen molar-refractivity contribution in [2.24, 2.45) is 0 Å². The molecule has 0 unspecified atom stereocenters. The van der Waals surface area contributed by atoms with Gasteiger partial charge in [-0.3, -0.25) is 14.4 Å². The number of carbonyl (C=O) groups excluding carboxylic acids is 3. The Hall–Kier alpha value is -2.37. The van der Waals surface area contributed by atoms with Crippen molar-refractivity contribution in [1.29, 1.82) is 0 Å². The third-order valence-corrected chi connectivity index (χ3v) is 11.7. The average Bonchev–Trinajstić information content (AvgIpc) is 3.29. The maximum absolute atomic E-state index is 13.1. The molecule has 0 aromatic carbocycles. The van der Waals surface area contributed by atoms with Gasteiger partial charge in [0.25, 0.3) is 0 Å². The van der Waals surface area contributed by atoms with Gasteiger partial charge in [-0.2, -0.15) is 0 Å². The van der Waals surface area contributed by atoms with E-state index in [0.29, 0.717) is 25.7 Å². The highest BCUT2D eigenvalue weighted by atomic mass is 16.6. The Morgan fingerprint density at radius 3 is 0.841 bits per heavy atom. The van der Waals surface area contributed by atoms with Gasteiger partial charge < -0.3 is 14.2 Å². The lowest BCUT2D eigenvalue weighted by Crippen LogP contribution is -2.30. The van der Waals surface area contributed by atoms with E-state index in [0.717, 1.165) is 109 Å². The zero-order valence-electron chi connectivity index (χ0n) is 46.6. The first-order valence-corrected chi connectivity index (χ1v) is 27.0. The van der Waals surface area contributed by atoms with Gasteiger partial charge in [0, 0.05) is 19.3 Å². The summed E-state index contributed by atoms with van der Waals surface area (Å²) in [6, 6.07) is 0. The normalized spacial score (nSPS) is 14.4. The number of hydrogen-bond acceptors (Lipinski definition) is 6. The van der Waals surface area contributed by atoms with Gasteiger partial charge in [0.15, 0.2) is 6.08 Å². The van der Waals surface area contributed by atoms with Gasteiger partial charge in [-0.1, -0.05) is 211 Å². The van der Waals surface area contributed by atoms with Gasteiger partial charge in [-0.25, -0.2) is 0 Å². The average molecular weight is 890 g/mol. The maximum Gasteiger partial charge on any atom is 0.306 e. The molecule has 0 bridgehead atoms. The molecule has 0 amide bonds. The molecule has 6 nitrogen and oxygen atoms in total. The van der Waals surface area contributed by atoms with Crippen LogP contribution in [0, 0.1) is 0 Å². The first-order valence-electron chi connectivity index (χ1n) is 29.5. The van der Waals surface area contributed by atoms with Crippen molar-refractivity contribution in [2.45, 2.75) is 297 Å². The Labute approximate surface area is 398 Å². The van der Waals surface area contributed by atoms with Crippen molar-refractivity contribution in [1.82, 2.24) is 0 Å². The molecule has 0 N–H and O–H groups in total. The fourth-order valence-electron chi connectivity index (χ4n) is 7.56. The van der Waals surface area contributed by atoms with Crippen molar-refractivity contribution >= 4 is 17.9 Å². The first-order chi connectivity index (χ1) is 32.9. The van der Waals surface area contributed by atoms with Gasteiger partial charge >= 0.3 is 17.9 Å². The van der Waals surface area contributed by atoms with E-state index >= 15 is 0 Å². The minimum atomic E-state index is -3.50. The molecule has 0 aliphatic rings. The van der Waals surface area contributed by atoms with E-state index < -0.39 is 37.1 Å². The summed E-state index contributed by atoms with van der Waals surface area (Å²) in [6.45, 7) is -0.224.